The first kappa shape index (κ1) is 8.84. The van der Waals surface area contributed by atoms with Gasteiger partial charge in [0.2, 0.25) is 5.88 Å². The summed E-state index contributed by atoms with van der Waals surface area (Å²) in [6.45, 7) is 5.50. The highest BCUT2D eigenvalue weighted by Gasteiger charge is 2.09. The van der Waals surface area contributed by atoms with Crippen molar-refractivity contribution in [3.8, 4) is 5.88 Å². The first-order valence-corrected chi connectivity index (χ1v) is 3.97. The third-order valence-electron chi connectivity index (χ3n) is 1.61. The van der Waals surface area contributed by atoms with Crippen molar-refractivity contribution in [3.63, 3.8) is 0 Å². The van der Waals surface area contributed by atoms with Crippen molar-refractivity contribution in [1.29, 1.82) is 0 Å². The lowest BCUT2D eigenvalue weighted by atomic mass is 10.1. The SMILES string of the molecule is CC(=O)Oc1[nH]ccc1C(C)C. The minimum absolute atomic E-state index is 0.292. The first-order chi connectivity index (χ1) is 5.61. The van der Waals surface area contributed by atoms with Crippen molar-refractivity contribution in [2.45, 2.75) is 26.7 Å². The molecule has 1 rings (SSSR count). The Hall–Kier alpha value is -1.25. The van der Waals surface area contributed by atoms with Gasteiger partial charge in [-0.2, -0.15) is 0 Å². The van der Waals surface area contributed by atoms with Gasteiger partial charge in [0.1, 0.15) is 0 Å². The number of ether oxygens (including phenoxy) is 1. The molecule has 1 aromatic rings. The summed E-state index contributed by atoms with van der Waals surface area (Å²) in [5, 5.41) is 0. The Bertz CT molecular complexity index is 276. The van der Waals surface area contributed by atoms with E-state index < -0.39 is 0 Å². The van der Waals surface area contributed by atoms with Gasteiger partial charge in [0, 0.05) is 18.7 Å². The summed E-state index contributed by atoms with van der Waals surface area (Å²) in [4.78, 5) is 13.5. The molecular weight excluding hydrogens is 154 g/mol. The van der Waals surface area contributed by atoms with E-state index in [1.807, 2.05) is 6.07 Å². The number of hydrogen-bond donors (Lipinski definition) is 1. The molecule has 1 N–H and O–H groups in total. The van der Waals surface area contributed by atoms with Gasteiger partial charge >= 0.3 is 5.97 Å². The summed E-state index contributed by atoms with van der Waals surface area (Å²) in [5.74, 6) is 0.641. The zero-order chi connectivity index (χ0) is 9.14. The largest absolute Gasteiger partial charge is 0.409 e. The molecule has 0 fully saturated rings. The zero-order valence-electron chi connectivity index (χ0n) is 7.55. The average Bonchev–Trinajstić information content (AvgIpc) is 2.33. The monoisotopic (exact) mass is 167 g/mol. The molecule has 3 nitrogen and oxygen atoms in total. The van der Waals surface area contributed by atoms with Crippen LogP contribution in [0.1, 0.15) is 32.3 Å². The minimum Gasteiger partial charge on any atom is -0.409 e. The Morgan fingerprint density at radius 2 is 2.25 bits per heavy atom. The summed E-state index contributed by atoms with van der Waals surface area (Å²) in [6.07, 6.45) is 1.77. The Kier molecular flexibility index (Phi) is 2.53. The molecule has 0 aromatic carbocycles. The Labute approximate surface area is 71.7 Å². The molecule has 0 unspecified atom stereocenters. The maximum Gasteiger partial charge on any atom is 0.309 e. The van der Waals surface area contributed by atoms with E-state index in [-0.39, 0.29) is 5.97 Å². The Morgan fingerprint density at radius 3 is 2.75 bits per heavy atom. The highest BCUT2D eigenvalue weighted by Crippen LogP contribution is 2.24. The third kappa shape index (κ3) is 1.87. The molecule has 0 atom stereocenters. The van der Waals surface area contributed by atoms with E-state index >= 15 is 0 Å². The molecule has 3 heteroatoms. The zero-order valence-corrected chi connectivity index (χ0v) is 7.55. The number of carbonyl (C=O) groups is 1. The summed E-state index contributed by atoms with van der Waals surface area (Å²) >= 11 is 0. The number of rotatable bonds is 2. The van der Waals surface area contributed by atoms with Crippen LogP contribution in [0.5, 0.6) is 5.88 Å². The molecule has 0 saturated heterocycles. The molecule has 0 bridgehead atoms. The first-order valence-electron chi connectivity index (χ1n) is 3.97. The number of carbonyl (C=O) groups excluding carboxylic acids is 1. The van der Waals surface area contributed by atoms with Crippen LogP contribution in [0, 0.1) is 0 Å². The third-order valence-corrected chi connectivity index (χ3v) is 1.61. The second-order valence-corrected chi connectivity index (χ2v) is 3.01. The van der Waals surface area contributed by atoms with E-state index in [0.29, 0.717) is 11.8 Å². The van der Waals surface area contributed by atoms with Crippen LogP contribution in [0.2, 0.25) is 0 Å². The average molecular weight is 167 g/mol. The molecular formula is C9H13NO2. The van der Waals surface area contributed by atoms with Crippen LogP contribution in [0.4, 0.5) is 0 Å². The fourth-order valence-corrected chi connectivity index (χ4v) is 1.05. The normalized spacial score (nSPS) is 10.3. The molecule has 1 heterocycles. The topological polar surface area (TPSA) is 42.1 Å². The lowest BCUT2D eigenvalue weighted by Gasteiger charge is -2.05. The molecule has 0 aliphatic carbocycles. The smallest absolute Gasteiger partial charge is 0.309 e. The van der Waals surface area contributed by atoms with Crippen molar-refractivity contribution in [1.82, 2.24) is 4.98 Å². The maximum atomic E-state index is 10.6. The lowest BCUT2D eigenvalue weighted by Crippen LogP contribution is -2.03. The second kappa shape index (κ2) is 3.43. The predicted octanol–water partition coefficient (Wildman–Crippen LogP) is 2.06. The fourth-order valence-electron chi connectivity index (χ4n) is 1.05. The molecule has 1 aromatic heterocycles. The van der Waals surface area contributed by atoms with Crippen molar-refractivity contribution >= 4 is 5.97 Å². The van der Waals surface area contributed by atoms with Gasteiger partial charge in [-0.25, -0.2) is 0 Å². The standard InChI is InChI=1S/C9H13NO2/c1-6(2)8-4-5-10-9(8)12-7(3)11/h4-6,10H,1-3H3. The summed E-state index contributed by atoms with van der Waals surface area (Å²) in [7, 11) is 0. The molecule has 0 amide bonds. The fraction of sp³-hybridized carbons (Fsp3) is 0.444. The Balaban J connectivity index is 2.84. The van der Waals surface area contributed by atoms with E-state index in [1.54, 1.807) is 6.20 Å². The number of nitrogens with one attached hydrogen (secondary N) is 1. The lowest BCUT2D eigenvalue weighted by molar-refractivity contribution is -0.132. The van der Waals surface area contributed by atoms with E-state index in [2.05, 4.69) is 18.8 Å². The van der Waals surface area contributed by atoms with E-state index in [1.165, 1.54) is 6.92 Å². The van der Waals surface area contributed by atoms with Gasteiger partial charge in [-0.15, -0.1) is 0 Å². The van der Waals surface area contributed by atoms with Gasteiger partial charge < -0.3 is 9.72 Å². The molecule has 12 heavy (non-hydrogen) atoms. The van der Waals surface area contributed by atoms with E-state index in [0.717, 1.165) is 5.56 Å². The van der Waals surface area contributed by atoms with Gasteiger partial charge in [0.05, 0.1) is 0 Å². The number of H-pyrrole nitrogens is 1. The molecule has 0 aliphatic heterocycles. The molecule has 0 radical (unpaired) electrons. The van der Waals surface area contributed by atoms with Crippen LogP contribution in [0.25, 0.3) is 0 Å². The van der Waals surface area contributed by atoms with Crippen molar-refractivity contribution in [2.24, 2.45) is 0 Å². The minimum atomic E-state index is -0.292. The van der Waals surface area contributed by atoms with Crippen LogP contribution in [0.15, 0.2) is 12.3 Å². The van der Waals surface area contributed by atoms with Gasteiger partial charge in [0.15, 0.2) is 0 Å². The number of esters is 1. The van der Waals surface area contributed by atoms with Gasteiger partial charge in [-0.05, 0) is 12.0 Å². The highest BCUT2D eigenvalue weighted by molar-refractivity contribution is 5.69. The van der Waals surface area contributed by atoms with Crippen molar-refractivity contribution < 1.29 is 9.53 Å². The van der Waals surface area contributed by atoms with Gasteiger partial charge in [-0.1, -0.05) is 13.8 Å². The van der Waals surface area contributed by atoms with Crippen LogP contribution in [0.3, 0.4) is 0 Å². The predicted molar refractivity (Wildman–Crippen MR) is 46.2 cm³/mol. The van der Waals surface area contributed by atoms with E-state index in [9.17, 15) is 4.79 Å². The van der Waals surface area contributed by atoms with Gasteiger partial charge in [0.25, 0.3) is 0 Å². The second-order valence-electron chi connectivity index (χ2n) is 3.01. The summed E-state index contributed by atoms with van der Waals surface area (Å²) in [5.41, 5.74) is 1.03. The van der Waals surface area contributed by atoms with Crippen LogP contribution in [-0.2, 0) is 4.79 Å². The van der Waals surface area contributed by atoms with Crippen LogP contribution in [-0.4, -0.2) is 11.0 Å². The van der Waals surface area contributed by atoms with Crippen LogP contribution < -0.4 is 4.74 Å². The van der Waals surface area contributed by atoms with Crippen molar-refractivity contribution in [2.75, 3.05) is 0 Å². The molecule has 66 valence electrons. The van der Waals surface area contributed by atoms with Crippen LogP contribution >= 0.6 is 0 Å². The number of hydrogen-bond acceptors (Lipinski definition) is 2. The number of aromatic amines is 1. The summed E-state index contributed by atoms with van der Waals surface area (Å²) < 4.78 is 4.95. The quantitative estimate of drug-likeness (QED) is 0.685. The highest BCUT2D eigenvalue weighted by atomic mass is 16.5. The molecule has 0 aliphatic rings. The molecule has 0 saturated carbocycles. The van der Waals surface area contributed by atoms with Gasteiger partial charge in [-0.3, -0.25) is 4.79 Å². The maximum absolute atomic E-state index is 10.6. The van der Waals surface area contributed by atoms with Crippen molar-refractivity contribution in [3.05, 3.63) is 17.8 Å². The Morgan fingerprint density at radius 1 is 1.58 bits per heavy atom. The molecule has 0 spiro atoms. The summed E-state index contributed by atoms with van der Waals surface area (Å²) in [6, 6.07) is 1.92. The van der Waals surface area contributed by atoms with E-state index in [4.69, 9.17) is 4.74 Å². The number of aromatic nitrogens is 1.